The molecule has 0 aromatic heterocycles. The van der Waals surface area contributed by atoms with Crippen molar-refractivity contribution >= 4 is 11.9 Å². The van der Waals surface area contributed by atoms with Crippen LogP contribution in [0.15, 0.2) is 60.8 Å². The van der Waals surface area contributed by atoms with Crippen molar-refractivity contribution in [2.45, 2.75) is 264 Å². The van der Waals surface area contributed by atoms with Gasteiger partial charge in [0.1, 0.15) is 6.10 Å². The van der Waals surface area contributed by atoms with Crippen molar-refractivity contribution in [1.29, 1.82) is 0 Å². The van der Waals surface area contributed by atoms with Crippen LogP contribution in [0, 0.1) is 0 Å². The van der Waals surface area contributed by atoms with Gasteiger partial charge in [-0.15, -0.1) is 0 Å². The van der Waals surface area contributed by atoms with E-state index in [9.17, 15) is 19.8 Å². The van der Waals surface area contributed by atoms with Crippen molar-refractivity contribution in [2.24, 2.45) is 0 Å². The molecule has 3 atom stereocenters. The number of hydrogen-bond donors (Lipinski definition) is 3. The quantitative estimate of drug-likeness (QED) is 0.0322. The van der Waals surface area contributed by atoms with Crippen LogP contribution in [0.4, 0.5) is 0 Å². The molecule has 6 heteroatoms. The van der Waals surface area contributed by atoms with Gasteiger partial charge in [0.15, 0.2) is 0 Å². The van der Waals surface area contributed by atoms with E-state index in [2.05, 4.69) is 86.8 Å². The summed E-state index contributed by atoms with van der Waals surface area (Å²) in [7, 11) is 0. The Morgan fingerprint density at radius 2 is 0.850 bits per heavy atom. The number of carbonyl (C=O) groups is 2. The van der Waals surface area contributed by atoms with Crippen LogP contribution >= 0.6 is 0 Å². The number of allylic oxidation sites excluding steroid dienone is 10. The van der Waals surface area contributed by atoms with Gasteiger partial charge in [0.25, 0.3) is 0 Å². The summed E-state index contributed by atoms with van der Waals surface area (Å²) >= 11 is 0. The number of carbonyl (C=O) groups excluding carboxylic acids is 2. The first kappa shape index (κ1) is 57.6. The SMILES string of the molecule is CCCCC/C=C\C/C=C\C/C=C\C/C=C\CCCC(=O)OC(CCCCC/C=C/CCCCCCCCC)CC(=O)NC(CO)C(O)CCCCCCCCCCCC. The van der Waals surface area contributed by atoms with Gasteiger partial charge in [0.05, 0.1) is 25.2 Å². The average molecular weight is 840 g/mol. The highest BCUT2D eigenvalue weighted by Crippen LogP contribution is 2.17. The van der Waals surface area contributed by atoms with Gasteiger partial charge in [0, 0.05) is 6.42 Å². The fourth-order valence-electron chi connectivity index (χ4n) is 7.42. The van der Waals surface area contributed by atoms with Gasteiger partial charge < -0.3 is 20.3 Å². The molecule has 0 aromatic carbocycles. The van der Waals surface area contributed by atoms with Gasteiger partial charge in [-0.3, -0.25) is 9.59 Å². The van der Waals surface area contributed by atoms with E-state index < -0.39 is 18.2 Å². The second-order valence-corrected chi connectivity index (χ2v) is 17.2. The van der Waals surface area contributed by atoms with E-state index in [0.29, 0.717) is 25.7 Å². The topological polar surface area (TPSA) is 95.9 Å². The highest BCUT2D eigenvalue weighted by atomic mass is 16.5. The van der Waals surface area contributed by atoms with E-state index in [1.54, 1.807) is 0 Å². The van der Waals surface area contributed by atoms with E-state index in [4.69, 9.17) is 4.74 Å². The van der Waals surface area contributed by atoms with Crippen LogP contribution in [0.1, 0.15) is 245 Å². The molecule has 1 amide bonds. The Labute approximate surface area is 371 Å². The minimum Gasteiger partial charge on any atom is -0.462 e. The zero-order chi connectivity index (χ0) is 43.8. The van der Waals surface area contributed by atoms with Gasteiger partial charge >= 0.3 is 5.97 Å². The summed E-state index contributed by atoms with van der Waals surface area (Å²) in [6, 6.07) is -0.717. The number of unbranched alkanes of at least 4 members (excludes halogenated alkanes) is 23. The van der Waals surface area contributed by atoms with E-state index in [0.717, 1.165) is 77.0 Å². The molecule has 0 aliphatic carbocycles. The predicted molar refractivity (Wildman–Crippen MR) is 259 cm³/mol. The lowest BCUT2D eigenvalue weighted by Gasteiger charge is -2.24. The number of nitrogens with one attached hydrogen (secondary N) is 1. The molecule has 0 saturated heterocycles. The third-order valence-corrected chi connectivity index (χ3v) is 11.3. The van der Waals surface area contributed by atoms with E-state index >= 15 is 0 Å². The van der Waals surface area contributed by atoms with Gasteiger partial charge in [-0.2, -0.15) is 0 Å². The largest absolute Gasteiger partial charge is 0.462 e. The predicted octanol–water partition coefficient (Wildman–Crippen LogP) is 15.2. The monoisotopic (exact) mass is 840 g/mol. The molecule has 3 unspecified atom stereocenters. The van der Waals surface area contributed by atoms with E-state index in [-0.39, 0.29) is 24.9 Å². The lowest BCUT2D eigenvalue weighted by Crippen LogP contribution is -2.46. The molecule has 0 saturated carbocycles. The van der Waals surface area contributed by atoms with Crippen molar-refractivity contribution in [3.63, 3.8) is 0 Å². The Bertz CT molecular complexity index is 1080. The minimum absolute atomic E-state index is 0.0444. The Morgan fingerprint density at radius 1 is 0.483 bits per heavy atom. The van der Waals surface area contributed by atoms with Crippen molar-refractivity contribution in [3.05, 3.63) is 60.8 Å². The lowest BCUT2D eigenvalue weighted by atomic mass is 10.0. The van der Waals surface area contributed by atoms with Crippen molar-refractivity contribution in [2.75, 3.05) is 6.61 Å². The summed E-state index contributed by atoms with van der Waals surface area (Å²) in [6.45, 7) is 6.42. The molecule has 60 heavy (non-hydrogen) atoms. The Morgan fingerprint density at radius 3 is 1.35 bits per heavy atom. The number of ether oxygens (including phenoxy) is 1. The first-order chi connectivity index (χ1) is 29.5. The normalized spacial score (nSPS) is 13.8. The molecule has 6 nitrogen and oxygen atoms in total. The van der Waals surface area contributed by atoms with Gasteiger partial charge in [0.2, 0.25) is 5.91 Å². The molecule has 0 spiro atoms. The Hall–Kier alpha value is -2.44. The summed E-state index contributed by atoms with van der Waals surface area (Å²) < 4.78 is 5.89. The molecule has 0 heterocycles. The molecule has 0 bridgehead atoms. The van der Waals surface area contributed by atoms with Crippen molar-refractivity contribution in [3.8, 4) is 0 Å². The third kappa shape index (κ3) is 42.3. The van der Waals surface area contributed by atoms with Gasteiger partial charge in [-0.05, 0) is 89.9 Å². The second kappa shape index (κ2) is 47.6. The number of amides is 1. The van der Waals surface area contributed by atoms with Crippen LogP contribution in [0.5, 0.6) is 0 Å². The smallest absolute Gasteiger partial charge is 0.306 e. The Kier molecular flexibility index (Phi) is 45.7. The lowest BCUT2D eigenvalue weighted by molar-refractivity contribution is -0.151. The molecule has 0 rings (SSSR count). The fourth-order valence-corrected chi connectivity index (χ4v) is 7.42. The van der Waals surface area contributed by atoms with Crippen molar-refractivity contribution < 1.29 is 24.5 Å². The number of hydrogen-bond acceptors (Lipinski definition) is 5. The molecule has 3 N–H and O–H groups in total. The highest BCUT2D eigenvalue weighted by Gasteiger charge is 2.24. The summed E-state index contributed by atoms with van der Waals surface area (Å²) in [5, 5.41) is 23.7. The molecule has 0 aliphatic heterocycles. The van der Waals surface area contributed by atoms with Crippen LogP contribution < -0.4 is 5.32 Å². The average Bonchev–Trinajstić information content (AvgIpc) is 3.24. The van der Waals surface area contributed by atoms with Gasteiger partial charge in [-0.25, -0.2) is 0 Å². The standard InChI is InChI=1S/C54H97NO5/c1-4-7-10-13-16-19-22-24-26-27-28-30-32-35-38-41-44-47-54(59)60-50(45-42-39-36-33-31-29-25-23-20-17-14-11-8-5-2)48-53(58)55-51(49-56)52(57)46-43-40-37-34-21-18-15-12-9-6-3/h16,19,24,26,28-31,35,38,50-52,56-57H,4-15,17-18,20-23,25,27,32-34,36-37,39-49H2,1-3H3,(H,55,58)/b19-16-,26-24-,30-28-,31-29+,38-35-. The van der Waals surface area contributed by atoms with E-state index in [1.807, 2.05) is 0 Å². The second-order valence-electron chi connectivity index (χ2n) is 17.2. The summed E-state index contributed by atoms with van der Waals surface area (Å²) in [5.41, 5.74) is 0. The van der Waals surface area contributed by atoms with Crippen LogP contribution in [0.3, 0.4) is 0 Å². The molecule has 348 valence electrons. The molecular formula is C54H97NO5. The first-order valence-electron chi connectivity index (χ1n) is 25.5. The number of rotatable bonds is 45. The summed E-state index contributed by atoms with van der Waals surface area (Å²) in [4.78, 5) is 26.1. The molecule has 0 aromatic rings. The molecule has 0 radical (unpaired) electrons. The maximum absolute atomic E-state index is 13.2. The zero-order valence-electron chi connectivity index (χ0n) is 39.6. The Balaban J connectivity index is 4.70. The minimum atomic E-state index is -0.800. The first-order valence-corrected chi connectivity index (χ1v) is 25.5. The summed E-state index contributed by atoms with van der Waals surface area (Å²) in [6.07, 6.45) is 58.5. The summed E-state index contributed by atoms with van der Waals surface area (Å²) in [5.74, 6) is -0.555. The molecule has 0 aliphatic rings. The molecular weight excluding hydrogens is 743 g/mol. The number of aliphatic hydroxyl groups excluding tert-OH is 2. The number of aliphatic hydroxyl groups is 2. The number of esters is 1. The van der Waals surface area contributed by atoms with Crippen LogP contribution in [0.2, 0.25) is 0 Å². The van der Waals surface area contributed by atoms with Crippen LogP contribution in [-0.2, 0) is 14.3 Å². The van der Waals surface area contributed by atoms with E-state index in [1.165, 1.54) is 116 Å². The maximum atomic E-state index is 13.2. The van der Waals surface area contributed by atoms with Crippen LogP contribution in [0.25, 0.3) is 0 Å². The molecule has 0 fully saturated rings. The third-order valence-electron chi connectivity index (χ3n) is 11.3. The highest BCUT2D eigenvalue weighted by molar-refractivity contribution is 5.77. The van der Waals surface area contributed by atoms with Crippen molar-refractivity contribution in [1.82, 2.24) is 5.32 Å². The zero-order valence-corrected chi connectivity index (χ0v) is 39.6. The van der Waals surface area contributed by atoms with Crippen LogP contribution in [-0.4, -0.2) is 46.9 Å². The maximum Gasteiger partial charge on any atom is 0.306 e. The fraction of sp³-hybridized carbons (Fsp3) is 0.778. The van der Waals surface area contributed by atoms with Gasteiger partial charge in [-0.1, -0.05) is 204 Å².